The number of carbonyl (C=O) groups excluding carboxylic acids is 1. The van der Waals surface area contributed by atoms with Crippen LogP contribution in [0.1, 0.15) is 26.3 Å². The molecule has 2 N–H and O–H groups in total. The molecule has 114 valence electrons. The van der Waals surface area contributed by atoms with Crippen LogP contribution in [-0.4, -0.2) is 30.2 Å². The predicted octanol–water partition coefficient (Wildman–Crippen LogP) is 2.34. The Bertz CT molecular complexity index is 561. The lowest BCUT2D eigenvalue weighted by atomic mass is 9.88. The van der Waals surface area contributed by atoms with Crippen LogP contribution in [0.5, 0.6) is 0 Å². The summed E-state index contributed by atoms with van der Waals surface area (Å²) in [5, 5.41) is 0. The number of anilines is 1. The lowest BCUT2D eigenvalue weighted by molar-refractivity contribution is -0.124. The number of thiocarbonyl (C=S) groups is 1. The first-order valence-corrected chi connectivity index (χ1v) is 7.56. The second-order valence-corrected chi connectivity index (χ2v) is 6.18. The first-order valence-electron chi connectivity index (χ1n) is 7.15. The van der Waals surface area contributed by atoms with E-state index in [1.807, 2.05) is 38.1 Å². The Kier molecular flexibility index (Phi) is 4.64. The van der Waals surface area contributed by atoms with Gasteiger partial charge in [0.2, 0.25) is 5.91 Å². The molecule has 5 heteroatoms. The highest BCUT2D eigenvalue weighted by atomic mass is 32.1. The predicted molar refractivity (Wildman–Crippen MR) is 88.4 cm³/mol. The molecule has 1 saturated heterocycles. The lowest BCUT2D eigenvalue weighted by Gasteiger charge is -2.25. The molecule has 4 nitrogen and oxygen atoms in total. The van der Waals surface area contributed by atoms with Gasteiger partial charge in [-0.3, -0.25) is 4.79 Å². The van der Waals surface area contributed by atoms with E-state index in [1.54, 1.807) is 11.9 Å². The molecule has 1 amide bonds. The van der Waals surface area contributed by atoms with E-state index < -0.39 is 0 Å². The minimum absolute atomic E-state index is 0.0660. The smallest absolute Gasteiger partial charge is 0.232 e. The largest absolute Gasteiger partial charge is 0.389 e. The van der Waals surface area contributed by atoms with Crippen LogP contribution in [0.15, 0.2) is 24.3 Å². The van der Waals surface area contributed by atoms with Gasteiger partial charge in [-0.05, 0) is 31.9 Å². The molecule has 2 rings (SSSR count). The molecule has 0 aromatic heterocycles. The van der Waals surface area contributed by atoms with Gasteiger partial charge in [-0.1, -0.05) is 31.3 Å². The lowest BCUT2D eigenvalue weighted by Crippen LogP contribution is -2.38. The average Bonchev–Trinajstić information content (AvgIpc) is 2.70. The third-order valence-electron chi connectivity index (χ3n) is 4.38. The first kappa shape index (κ1) is 15.9. The van der Waals surface area contributed by atoms with Crippen LogP contribution < -0.4 is 10.6 Å². The van der Waals surface area contributed by atoms with Crippen molar-refractivity contribution >= 4 is 28.8 Å². The van der Waals surface area contributed by atoms with Crippen LogP contribution in [0, 0.1) is 11.8 Å². The highest BCUT2D eigenvalue weighted by molar-refractivity contribution is 7.80. The van der Waals surface area contributed by atoms with E-state index in [1.165, 1.54) is 0 Å². The Balaban J connectivity index is 2.23. The van der Waals surface area contributed by atoms with Crippen LogP contribution in [-0.2, 0) is 9.53 Å². The van der Waals surface area contributed by atoms with Crippen molar-refractivity contribution in [2.45, 2.75) is 33.0 Å². The molecule has 1 aromatic carbocycles. The van der Waals surface area contributed by atoms with Gasteiger partial charge in [0, 0.05) is 18.3 Å². The summed E-state index contributed by atoms with van der Waals surface area (Å²) < 4.78 is 5.77. The molecular weight excluding hydrogens is 284 g/mol. The standard InChI is InChI=1S/C16H22N2O2S/c1-9-10(2)20-11(3)14(9)16(19)18(4)13-7-5-6-12(8-13)15(17)21/h5-11,14H,1-4H3,(H2,17,21). The SMILES string of the molecule is CC1OC(C)C(C(=O)N(C)c2cccc(C(N)=S)c2)C1C. The van der Waals surface area contributed by atoms with E-state index in [9.17, 15) is 4.79 Å². The number of hydrogen-bond donors (Lipinski definition) is 1. The Morgan fingerprint density at radius 2 is 1.95 bits per heavy atom. The molecule has 0 aliphatic carbocycles. The Morgan fingerprint density at radius 3 is 2.48 bits per heavy atom. The number of nitrogens with two attached hydrogens (primary N) is 1. The molecule has 1 heterocycles. The Hall–Kier alpha value is -1.46. The van der Waals surface area contributed by atoms with Gasteiger partial charge in [0.1, 0.15) is 4.99 Å². The minimum Gasteiger partial charge on any atom is -0.389 e. The van der Waals surface area contributed by atoms with E-state index in [0.717, 1.165) is 11.3 Å². The van der Waals surface area contributed by atoms with Gasteiger partial charge in [-0.15, -0.1) is 0 Å². The number of ether oxygens (including phenoxy) is 1. The fraction of sp³-hybridized carbons (Fsp3) is 0.500. The highest BCUT2D eigenvalue weighted by Crippen LogP contribution is 2.34. The van der Waals surface area contributed by atoms with Crippen molar-refractivity contribution < 1.29 is 9.53 Å². The molecule has 21 heavy (non-hydrogen) atoms. The molecule has 0 spiro atoms. The van der Waals surface area contributed by atoms with Crippen molar-refractivity contribution in [3.63, 3.8) is 0 Å². The average molecular weight is 306 g/mol. The summed E-state index contributed by atoms with van der Waals surface area (Å²) in [5.74, 6) is 0.145. The third-order valence-corrected chi connectivity index (χ3v) is 4.61. The van der Waals surface area contributed by atoms with E-state index >= 15 is 0 Å². The number of amides is 1. The summed E-state index contributed by atoms with van der Waals surface area (Å²) in [4.78, 5) is 14.8. The quantitative estimate of drug-likeness (QED) is 0.871. The molecule has 1 aliphatic heterocycles. The normalized spacial score (nSPS) is 28.4. The Labute approximate surface area is 131 Å². The van der Waals surface area contributed by atoms with Crippen LogP contribution in [0.2, 0.25) is 0 Å². The van der Waals surface area contributed by atoms with E-state index in [4.69, 9.17) is 22.7 Å². The van der Waals surface area contributed by atoms with Gasteiger partial charge in [-0.25, -0.2) is 0 Å². The van der Waals surface area contributed by atoms with Crippen molar-refractivity contribution in [1.82, 2.24) is 0 Å². The fourth-order valence-corrected chi connectivity index (χ4v) is 3.04. The molecule has 4 unspecified atom stereocenters. The zero-order chi connectivity index (χ0) is 15.7. The summed E-state index contributed by atoms with van der Waals surface area (Å²) in [6.07, 6.45) is 0.0361. The topological polar surface area (TPSA) is 55.6 Å². The maximum Gasteiger partial charge on any atom is 0.232 e. The molecule has 4 atom stereocenters. The van der Waals surface area contributed by atoms with Crippen LogP contribution in [0.4, 0.5) is 5.69 Å². The Morgan fingerprint density at radius 1 is 1.29 bits per heavy atom. The zero-order valence-corrected chi connectivity index (χ0v) is 13.7. The molecule has 0 radical (unpaired) electrons. The van der Waals surface area contributed by atoms with E-state index in [-0.39, 0.29) is 30.0 Å². The van der Waals surface area contributed by atoms with E-state index in [2.05, 4.69) is 6.92 Å². The van der Waals surface area contributed by atoms with E-state index in [0.29, 0.717) is 4.99 Å². The minimum atomic E-state index is -0.126. The molecule has 1 aliphatic rings. The first-order chi connectivity index (χ1) is 9.82. The number of hydrogen-bond acceptors (Lipinski definition) is 3. The van der Waals surface area contributed by atoms with Crippen molar-refractivity contribution in [2.75, 3.05) is 11.9 Å². The second kappa shape index (κ2) is 6.12. The summed E-state index contributed by atoms with van der Waals surface area (Å²) in [7, 11) is 1.78. The molecule has 0 saturated carbocycles. The summed E-state index contributed by atoms with van der Waals surface area (Å²) in [6.45, 7) is 6.04. The molecular formula is C16H22N2O2S. The van der Waals surface area contributed by atoms with Crippen LogP contribution >= 0.6 is 12.2 Å². The third kappa shape index (κ3) is 3.09. The van der Waals surface area contributed by atoms with Crippen molar-refractivity contribution in [1.29, 1.82) is 0 Å². The number of benzene rings is 1. The number of carbonyl (C=O) groups is 1. The maximum atomic E-state index is 12.8. The van der Waals surface area contributed by atoms with Crippen LogP contribution in [0.3, 0.4) is 0 Å². The van der Waals surface area contributed by atoms with Crippen molar-refractivity contribution in [3.8, 4) is 0 Å². The van der Waals surface area contributed by atoms with Gasteiger partial charge in [0.25, 0.3) is 0 Å². The molecule has 1 fully saturated rings. The van der Waals surface area contributed by atoms with Gasteiger partial charge >= 0.3 is 0 Å². The number of nitrogens with zero attached hydrogens (tertiary/aromatic N) is 1. The summed E-state index contributed by atoms with van der Waals surface area (Å²) in [5.41, 5.74) is 7.21. The second-order valence-electron chi connectivity index (χ2n) is 5.74. The van der Waals surface area contributed by atoms with Gasteiger partial charge < -0.3 is 15.4 Å². The summed E-state index contributed by atoms with van der Waals surface area (Å²) in [6, 6.07) is 7.42. The molecule has 0 bridgehead atoms. The summed E-state index contributed by atoms with van der Waals surface area (Å²) >= 11 is 4.99. The fourth-order valence-electron chi connectivity index (χ4n) is 2.91. The van der Waals surface area contributed by atoms with Crippen molar-refractivity contribution in [2.24, 2.45) is 17.6 Å². The van der Waals surface area contributed by atoms with Crippen LogP contribution in [0.25, 0.3) is 0 Å². The van der Waals surface area contributed by atoms with Crippen molar-refractivity contribution in [3.05, 3.63) is 29.8 Å². The maximum absolute atomic E-state index is 12.8. The zero-order valence-electron chi connectivity index (χ0n) is 12.9. The van der Waals surface area contributed by atoms with Gasteiger partial charge in [0.05, 0.1) is 18.1 Å². The highest BCUT2D eigenvalue weighted by Gasteiger charge is 2.42. The molecule has 1 aromatic rings. The van der Waals surface area contributed by atoms with Gasteiger partial charge in [0.15, 0.2) is 0 Å². The van der Waals surface area contributed by atoms with Gasteiger partial charge in [-0.2, -0.15) is 0 Å². The monoisotopic (exact) mass is 306 g/mol. The number of rotatable bonds is 3.